The van der Waals surface area contributed by atoms with Crippen molar-refractivity contribution < 1.29 is 4.79 Å². The summed E-state index contributed by atoms with van der Waals surface area (Å²) in [6, 6.07) is 20.7. The van der Waals surface area contributed by atoms with E-state index in [1.165, 1.54) is 16.7 Å². The standard InChI is InChI=1S/C21H24N2O/c24-21(22-14-11-18-7-3-1-4-8-18)17-23-15-12-20(13-16-23)19-9-5-2-6-10-19/h1-10,12H,11,13-17H2,(H,22,24). The highest BCUT2D eigenvalue weighted by Crippen LogP contribution is 2.21. The van der Waals surface area contributed by atoms with Gasteiger partial charge in [0.2, 0.25) is 5.91 Å². The Morgan fingerprint density at radius 1 is 1.00 bits per heavy atom. The molecule has 2 aromatic rings. The molecule has 124 valence electrons. The Morgan fingerprint density at radius 2 is 1.71 bits per heavy atom. The van der Waals surface area contributed by atoms with Crippen LogP contribution >= 0.6 is 0 Å². The highest BCUT2D eigenvalue weighted by Gasteiger charge is 2.15. The first-order valence-corrected chi connectivity index (χ1v) is 8.59. The van der Waals surface area contributed by atoms with Crippen molar-refractivity contribution in [2.45, 2.75) is 12.8 Å². The third-order valence-corrected chi connectivity index (χ3v) is 4.38. The van der Waals surface area contributed by atoms with E-state index >= 15 is 0 Å². The molecule has 0 spiro atoms. The van der Waals surface area contributed by atoms with Gasteiger partial charge in [0.15, 0.2) is 0 Å². The molecule has 0 saturated carbocycles. The summed E-state index contributed by atoms with van der Waals surface area (Å²) < 4.78 is 0. The van der Waals surface area contributed by atoms with Gasteiger partial charge in [-0.25, -0.2) is 0 Å². The lowest BCUT2D eigenvalue weighted by molar-refractivity contribution is -0.122. The third-order valence-electron chi connectivity index (χ3n) is 4.38. The van der Waals surface area contributed by atoms with Gasteiger partial charge in [-0.15, -0.1) is 0 Å². The quantitative estimate of drug-likeness (QED) is 0.887. The summed E-state index contributed by atoms with van der Waals surface area (Å²) in [5.74, 6) is 0.113. The normalized spacial score (nSPS) is 14.9. The smallest absolute Gasteiger partial charge is 0.234 e. The number of hydrogen-bond acceptors (Lipinski definition) is 2. The van der Waals surface area contributed by atoms with Gasteiger partial charge < -0.3 is 5.32 Å². The van der Waals surface area contributed by atoms with Crippen molar-refractivity contribution in [3.05, 3.63) is 77.9 Å². The van der Waals surface area contributed by atoms with Crippen LogP contribution in [0.5, 0.6) is 0 Å². The molecule has 0 aliphatic carbocycles. The lowest BCUT2D eigenvalue weighted by Crippen LogP contribution is -2.39. The highest BCUT2D eigenvalue weighted by molar-refractivity contribution is 5.78. The fourth-order valence-electron chi connectivity index (χ4n) is 3.02. The maximum atomic E-state index is 12.1. The first-order valence-electron chi connectivity index (χ1n) is 8.59. The lowest BCUT2D eigenvalue weighted by Gasteiger charge is -2.25. The zero-order chi connectivity index (χ0) is 16.6. The number of rotatable bonds is 6. The van der Waals surface area contributed by atoms with E-state index in [-0.39, 0.29) is 5.91 Å². The maximum Gasteiger partial charge on any atom is 0.234 e. The molecule has 3 heteroatoms. The number of amides is 1. The largest absolute Gasteiger partial charge is 0.355 e. The van der Waals surface area contributed by atoms with Crippen LogP contribution in [0, 0.1) is 0 Å². The van der Waals surface area contributed by atoms with Crippen LogP contribution in [0.15, 0.2) is 66.7 Å². The van der Waals surface area contributed by atoms with Gasteiger partial charge in [-0.05, 0) is 29.5 Å². The van der Waals surface area contributed by atoms with Gasteiger partial charge in [-0.2, -0.15) is 0 Å². The van der Waals surface area contributed by atoms with Crippen LogP contribution in [-0.2, 0) is 11.2 Å². The predicted molar refractivity (Wildman–Crippen MR) is 98.6 cm³/mol. The van der Waals surface area contributed by atoms with Crippen LogP contribution < -0.4 is 5.32 Å². The second kappa shape index (κ2) is 8.46. The molecule has 0 saturated heterocycles. The van der Waals surface area contributed by atoms with Crippen LogP contribution in [0.2, 0.25) is 0 Å². The van der Waals surface area contributed by atoms with E-state index in [1.54, 1.807) is 0 Å². The van der Waals surface area contributed by atoms with E-state index in [4.69, 9.17) is 0 Å². The lowest BCUT2D eigenvalue weighted by atomic mass is 10.00. The molecule has 1 N–H and O–H groups in total. The molecule has 1 amide bonds. The van der Waals surface area contributed by atoms with Gasteiger partial charge in [0.25, 0.3) is 0 Å². The third kappa shape index (κ3) is 4.80. The van der Waals surface area contributed by atoms with E-state index in [1.807, 2.05) is 24.3 Å². The van der Waals surface area contributed by atoms with Crippen LogP contribution in [-0.4, -0.2) is 37.0 Å². The highest BCUT2D eigenvalue weighted by atomic mass is 16.2. The van der Waals surface area contributed by atoms with E-state index in [9.17, 15) is 4.79 Å². The number of carbonyl (C=O) groups excluding carboxylic acids is 1. The molecule has 0 unspecified atom stereocenters. The number of nitrogens with zero attached hydrogens (tertiary/aromatic N) is 1. The Hall–Kier alpha value is -2.39. The average Bonchev–Trinajstić information content (AvgIpc) is 2.64. The van der Waals surface area contributed by atoms with Gasteiger partial charge in [0.1, 0.15) is 0 Å². The Labute approximate surface area is 144 Å². The van der Waals surface area contributed by atoms with Crippen LogP contribution in [0.25, 0.3) is 5.57 Å². The molecule has 1 aliphatic rings. The molecule has 3 nitrogen and oxygen atoms in total. The van der Waals surface area contributed by atoms with Crippen LogP contribution in [0.4, 0.5) is 0 Å². The zero-order valence-corrected chi connectivity index (χ0v) is 13.9. The predicted octanol–water partition coefficient (Wildman–Crippen LogP) is 3.13. The van der Waals surface area contributed by atoms with Crippen molar-refractivity contribution in [3.63, 3.8) is 0 Å². The molecule has 0 aromatic heterocycles. The molecule has 24 heavy (non-hydrogen) atoms. The van der Waals surface area contributed by atoms with E-state index in [0.717, 1.165) is 25.9 Å². The monoisotopic (exact) mass is 320 g/mol. The van der Waals surface area contributed by atoms with Crippen molar-refractivity contribution in [2.24, 2.45) is 0 Å². The molecule has 3 rings (SSSR count). The molecule has 0 radical (unpaired) electrons. The topological polar surface area (TPSA) is 32.3 Å². The zero-order valence-electron chi connectivity index (χ0n) is 13.9. The van der Waals surface area contributed by atoms with Crippen molar-refractivity contribution in [2.75, 3.05) is 26.2 Å². The van der Waals surface area contributed by atoms with E-state index < -0.39 is 0 Å². The van der Waals surface area contributed by atoms with Crippen LogP contribution in [0.3, 0.4) is 0 Å². The van der Waals surface area contributed by atoms with Gasteiger partial charge >= 0.3 is 0 Å². The number of benzene rings is 2. The van der Waals surface area contributed by atoms with Gasteiger partial charge in [0.05, 0.1) is 6.54 Å². The van der Waals surface area contributed by atoms with Crippen molar-refractivity contribution in [1.82, 2.24) is 10.2 Å². The first-order chi connectivity index (χ1) is 11.8. The van der Waals surface area contributed by atoms with Crippen molar-refractivity contribution in [3.8, 4) is 0 Å². The van der Waals surface area contributed by atoms with E-state index in [2.05, 4.69) is 52.7 Å². The molecule has 0 atom stereocenters. The molecule has 0 fully saturated rings. The summed E-state index contributed by atoms with van der Waals surface area (Å²) in [5, 5.41) is 3.02. The van der Waals surface area contributed by atoms with E-state index in [0.29, 0.717) is 13.1 Å². The summed E-state index contributed by atoms with van der Waals surface area (Å²) in [4.78, 5) is 14.3. The van der Waals surface area contributed by atoms with Gasteiger partial charge in [-0.1, -0.05) is 66.7 Å². The maximum absolute atomic E-state index is 12.1. The van der Waals surface area contributed by atoms with Crippen molar-refractivity contribution in [1.29, 1.82) is 0 Å². The summed E-state index contributed by atoms with van der Waals surface area (Å²) in [6.07, 6.45) is 4.13. The Bertz CT molecular complexity index is 679. The molecule has 1 heterocycles. The molecule has 0 bridgehead atoms. The summed E-state index contributed by atoms with van der Waals surface area (Å²) in [6.45, 7) is 2.96. The van der Waals surface area contributed by atoms with Crippen molar-refractivity contribution >= 4 is 11.5 Å². The minimum absolute atomic E-state index is 0.113. The second-order valence-corrected chi connectivity index (χ2v) is 6.17. The Balaban J connectivity index is 1.41. The first kappa shape index (κ1) is 16.5. The number of nitrogens with one attached hydrogen (secondary N) is 1. The molecular formula is C21H24N2O. The molecular weight excluding hydrogens is 296 g/mol. The minimum atomic E-state index is 0.113. The van der Waals surface area contributed by atoms with Gasteiger partial charge in [0, 0.05) is 19.6 Å². The SMILES string of the molecule is O=C(CN1CC=C(c2ccccc2)CC1)NCCc1ccccc1. The average molecular weight is 320 g/mol. The summed E-state index contributed by atoms with van der Waals surface area (Å²) in [5.41, 5.74) is 3.94. The summed E-state index contributed by atoms with van der Waals surface area (Å²) >= 11 is 0. The second-order valence-electron chi connectivity index (χ2n) is 6.17. The Kier molecular flexibility index (Phi) is 5.80. The minimum Gasteiger partial charge on any atom is -0.355 e. The number of carbonyl (C=O) groups is 1. The summed E-state index contributed by atoms with van der Waals surface area (Å²) in [7, 11) is 0. The van der Waals surface area contributed by atoms with Crippen LogP contribution in [0.1, 0.15) is 17.5 Å². The fourth-order valence-corrected chi connectivity index (χ4v) is 3.02. The number of hydrogen-bond donors (Lipinski definition) is 1. The molecule has 2 aromatic carbocycles. The Morgan fingerprint density at radius 3 is 2.38 bits per heavy atom. The fraction of sp³-hybridized carbons (Fsp3) is 0.286. The molecule has 1 aliphatic heterocycles. The van der Waals surface area contributed by atoms with Gasteiger partial charge in [-0.3, -0.25) is 9.69 Å².